The van der Waals surface area contributed by atoms with Gasteiger partial charge in [-0.05, 0) is 120 Å². The molecule has 2 heteroatoms. The van der Waals surface area contributed by atoms with E-state index in [-0.39, 0.29) is 0 Å². The highest BCUT2D eigenvalue weighted by Crippen LogP contribution is 2.47. The van der Waals surface area contributed by atoms with E-state index in [9.17, 15) is 0 Å². The summed E-state index contributed by atoms with van der Waals surface area (Å²) < 4.78 is 6.80. The molecule has 0 N–H and O–H groups in total. The Labute approximate surface area is 360 Å². The van der Waals surface area contributed by atoms with Gasteiger partial charge in [0.1, 0.15) is 11.2 Å². The third kappa shape index (κ3) is 5.96. The van der Waals surface area contributed by atoms with Gasteiger partial charge in [-0.25, -0.2) is 0 Å². The van der Waals surface area contributed by atoms with Crippen LogP contribution in [0, 0.1) is 0 Å². The Kier molecular flexibility index (Phi) is 8.53. The van der Waals surface area contributed by atoms with Gasteiger partial charge in [0.15, 0.2) is 0 Å². The Bertz CT molecular complexity index is 3590. The van der Waals surface area contributed by atoms with Crippen LogP contribution in [-0.4, -0.2) is 0 Å². The van der Waals surface area contributed by atoms with Crippen molar-refractivity contribution in [3.8, 4) is 44.5 Å². The second kappa shape index (κ2) is 14.8. The van der Waals surface area contributed by atoms with Gasteiger partial charge in [-0.15, -0.1) is 0 Å². The van der Waals surface area contributed by atoms with Gasteiger partial charge in [-0.3, -0.25) is 0 Å². The first kappa shape index (κ1) is 35.7. The average Bonchev–Trinajstić information content (AvgIpc) is 3.75. The fourth-order valence-electron chi connectivity index (χ4n) is 9.58. The summed E-state index contributed by atoms with van der Waals surface area (Å²) in [6.45, 7) is 0. The first-order chi connectivity index (χ1) is 30.8. The molecular weight excluding hydrogens is 751 g/mol. The molecule has 11 aromatic carbocycles. The molecular formula is C60H39NO. The summed E-state index contributed by atoms with van der Waals surface area (Å²) in [7, 11) is 0. The van der Waals surface area contributed by atoms with Gasteiger partial charge < -0.3 is 9.32 Å². The van der Waals surface area contributed by atoms with Crippen molar-refractivity contribution in [3.63, 3.8) is 0 Å². The molecule has 0 aliphatic carbocycles. The Morgan fingerprint density at radius 2 is 0.790 bits per heavy atom. The lowest BCUT2D eigenvalue weighted by molar-refractivity contribution is 0.670. The summed E-state index contributed by atoms with van der Waals surface area (Å²) >= 11 is 0. The normalized spacial score (nSPS) is 11.5. The molecule has 0 saturated carbocycles. The van der Waals surface area contributed by atoms with Gasteiger partial charge in [0.25, 0.3) is 0 Å². The van der Waals surface area contributed by atoms with Gasteiger partial charge >= 0.3 is 0 Å². The van der Waals surface area contributed by atoms with E-state index in [1.807, 2.05) is 0 Å². The van der Waals surface area contributed by atoms with Crippen molar-refractivity contribution in [2.24, 2.45) is 0 Å². The Morgan fingerprint density at radius 3 is 1.47 bits per heavy atom. The van der Waals surface area contributed by atoms with Gasteiger partial charge in [0.05, 0.1) is 11.1 Å². The van der Waals surface area contributed by atoms with E-state index in [1.54, 1.807) is 0 Å². The number of nitrogens with zero attached hydrogens (tertiary/aromatic N) is 1. The number of anilines is 3. The number of furan rings is 1. The van der Waals surface area contributed by atoms with Crippen LogP contribution in [0.4, 0.5) is 17.1 Å². The maximum absolute atomic E-state index is 6.80. The van der Waals surface area contributed by atoms with Gasteiger partial charge in [0.2, 0.25) is 0 Å². The maximum Gasteiger partial charge on any atom is 0.145 e. The molecule has 12 aromatic rings. The van der Waals surface area contributed by atoms with Crippen molar-refractivity contribution in [2.75, 3.05) is 4.90 Å². The molecule has 0 amide bonds. The lowest BCUT2D eigenvalue weighted by atomic mass is 9.92. The van der Waals surface area contributed by atoms with Gasteiger partial charge in [0, 0.05) is 22.3 Å². The van der Waals surface area contributed by atoms with Crippen LogP contribution in [0.25, 0.3) is 98.8 Å². The second-order valence-corrected chi connectivity index (χ2v) is 16.0. The van der Waals surface area contributed by atoms with E-state index in [4.69, 9.17) is 4.42 Å². The second-order valence-electron chi connectivity index (χ2n) is 16.0. The number of benzene rings is 11. The summed E-state index contributed by atoms with van der Waals surface area (Å²) in [4.78, 5) is 2.40. The molecule has 0 unspecified atom stereocenters. The summed E-state index contributed by atoms with van der Waals surface area (Å²) in [5.41, 5.74) is 14.2. The van der Waals surface area contributed by atoms with Crippen LogP contribution in [0.1, 0.15) is 0 Å². The van der Waals surface area contributed by atoms with Crippen LogP contribution in [0.3, 0.4) is 0 Å². The van der Waals surface area contributed by atoms with Crippen LogP contribution in [0.2, 0.25) is 0 Å². The Morgan fingerprint density at radius 1 is 0.274 bits per heavy atom. The van der Waals surface area contributed by atoms with Crippen LogP contribution in [-0.2, 0) is 0 Å². The zero-order chi connectivity index (χ0) is 41.0. The predicted molar refractivity (Wildman–Crippen MR) is 263 cm³/mol. The summed E-state index contributed by atoms with van der Waals surface area (Å²) in [6.07, 6.45) is 0. The SMILES string of the molecule is c1ccc(-c2ccccc2-c2cccc(N(c3ccc(-c4ccc5c6ccccc6c6ccccc6c5c4)cc3)c3ccc(-c4ccccc4)c4oc5ccccc5c34)c2)cc1. The smallest absolute Gasteiger partial charge is 0.145 e. The van der Waals surface area contributed by atoms with E-state index in [1.165, 1.54) is 54.6 Å². The predicted octanol–water partition coefficient (Wildman–Crippen LogP) is 17.2. The molecule has 0 radical (unpaired) electrons. The zero-order valence-electron chi connectivity index (χ0n) is 33.9. The molecule has 12 rings (SSSR count). The molecule has 0 aliphatic heterocycles. The molecule has 0 aliphatic rings. The minimum Gasteiger partial charge on any atom is -0.455 e. The van der Waals surface area contributed by atoms with Crippen LogP contribution in [0.5, 0.6) is 0 Å². The topological polar surface area (TPSA) is 16.4 Å². The molecule has 0 spiro atoms. The Hall–Kier alpha value is -8.20. The lowest BCUT2D eigenvalue weighted by Gasteiger charge is -2.27. The van der Waals surface area contributed by atoms with Gasteiger partial charge in [-0.1, -0.05) is 188 Å². The number of rotatable bonds is 7. The summed E-state index contributed by atoms with van der Waals surface area (Å²) in [6, 6.07) is 85.3. The quantitative estimate of drug-likeness (QED) is 0.150. The molecule has 0 bridgehead atoms. The van der Waals surface area contributed by atoms with Crippen molar-refractivity contribution >= 4 is 71.3 Å². The lowest BCUT2D eigenvalue weighted by Crippen LogP contribution is -2.10. The highest BCUT2D eigenvalue weighted by atomic mass is 16.3. The van der Waals surface area contributed by atoms with E-state index in [2.05, 4.69) is 241 Å². The molecule has 290 valence electrons. The van der Waals surface area contributed by atoms with Gasteiger partial charge in [-0.2, -0.15) is 0 Å². The molecule has 2 nitrogen and oxygen atoms in total. The third-order valence-corrected chi connectivity index (χ3v) is 12.5. The number of para-hydroxylation sites is 1. The molecule has 0 saturated heterocycles. The van der Waals surface area contributed by atoms with Crippen LogP contribution >= 0.6 is 0 Å². The molecule has 0 atom stereocenters. The van der Waals surface area contributed by atoms with E-state index < -0.39 is 0 Å². The highest BCUT2D eigenvalue weighted by Gasteiger charge is 2.23. The standard InChI is InChI=1S/C60H39NO/c1-3-16-41(17-4-1)47-22-7-8-23-48(47)44-20-15-21-46(38-44)61(57-37-36-49(42-18-5-2-6-19-42)60-59(57)55-28-13-14-29-58(55)62-60)45-33-30-40(31-34-45)43-32-35-54-52-26-10-9-24-50(52)51-25-11-12-27-53(51)56(54)39-43/h1-39H. The average molecular weight is 790 g/mol. The highest BCUT2D eigenvalue weighted by molar-refractivity contribution is 6.26. The van der Waals surface area contributed by atoms with Crippen molar-refractivity contribution in [1.82, 2.24) is 0 Å². The third-order valence-electron chi connectivity index (χ3n) is 12.5. The Balaban J connectivity index is 1.05. The fraction of sp³-hybridized carbons (Fsp3) is 0. The first-order valence-corrected chi connectivity index (χ1v) is 21.3. The van der Waals surface area contributed by atoms with E-state index >= 15 is 0 Å². The van der Waals surface area contributed by atoms with Crippen molar-refractivity contribution in [1.29, 1.82) is 0 Å². The number of hydrogen-bond donors (Lipinski definition) is 0. The molecule has 0 fully saturated rings. The van der Waals surface area contributed by atoms with Crippen LogP contribution < -0.4 is 4.90 Å². The first-order valence-electron chi connectivity index (χ1n) is 21.3. The molecule has 1 aromatic heterocycles. The minimum absolute atomic E-state index is 0.865. The van der Waals surface area contributed by atoms with E-state index in [0.29, 0.717) is 0 Å². The number of hydrogen-bond acceptors (Lipinski definition) is 2. The largest absolute Gasteiger partial charge is 0.455 e. The van der Waals surface area contributed by atoms with E-state index in [0.717, 1.165) is 61.3 Å². The molecule has 62 heavy (non-hydrogen) atoms. The monoisotopic (exact) mass is 789 g/mol. The minimum atomic E-state index is 0.865. The van der Waals surface area contributed by atoms with Crippen molar-refractivity contribution < 1.29 is 4.42 Å². The fourth-order valence-corrected chi connectivity index (χ4v) is 9.58. The summed E-state index contributed by atoms with van der Waals surface area (Å²) in [5, 5.41) is 9.82. The van der Waals surface area contributed by atoms with Crippen molar-refractivity contribution in [3.05, 3.63) is 237 Å². The zero-order valence-corrected chi connectivity index (χ0v) is 33.9. The van der Waals surface area contributed by atoms with Crippen LogP contribution in [0.15, 0.2) is 241 Å². The molecule has 1 heterocycles. The van der Waals surface area contributed by atoms with Crippen molar-refractivity contribution in [2.45, 2.75) is 0 Å². The summed E-state index contributed by atoms with van der Waals surface area (Å²) in [5.74, 6) is 0. The number of fused-ring (bicyclic) bond motifs is 9. The maximum atomic E-state index is 6.80.